The smallest absolute Gasteiger partial charge is 0.144 e. The van der Waals surface area contributed by atoms with Crippen LogP contribution in [0.1, 0.15) is 30.7 Å². The largest absolute Gasteiger partial charge is 0.384 e. The lowest BCUT2D eigenvalue weighted by atomic mass is 10.1. The second-order valence-electron chi connectivity index (χ2n) is 7.53. The van der Waals surface area contributed by atoms with E-state index in [1.165, 1.54) is 35.7 Å². The van der Waals surface area contributed by atoms with Gasteiger partial charge in [0.2, 0.25) is 0 Å². The zero-order chi connectivity index (χ0) is 18.6. The number of nitrogens with one attached hydrogen (secondary N) is 1. The Bertz CT molecular complexity index is 889. The molecule has 3 N–H and O–H groups in total. The van der Waals surface area contributed by atoms with Gasteiger partial charge in [-0.05, 0) is 62.5 Å². The first kappa shape index (κ1) is 17.9. The highest BCUT2D eigenvalue weighted by Crippen LogP contribution is 2.22. The van der Waals surface area contributed by atoms with Gasteiger partial charge in [0.1, 0.15) is 11.6 Å². The maximum absolute atomic E-state index is 5.78. The monoisotopic (exact) mass is 364 g/mol. The predicted octanol–water partition coefficient (Wildman–Crippen LogP) is 3.03. The van der Waals surface area contributed by atoms with Gasteiger partial charge in [0.25, 0.3) is 0 Å². The van der Waals surface area contributed by atoms with Gasteiger partial charge in [0.15, 0.2) is 0 Å². The molecule has 0 bridgehead atoms. The van der Waals surface area contributed by atoms with Crippen molar-refractivity contribution in [1.29, 1.82) is 0 Å². The molecule has 1 fully saturated rings. The Hall–Kier alpha value is -2.44. The first-order valence-corrected chi connectivity index (χ1v) is 9.74. The van der Waals surface area contributed by atoms with Crippen LogP contribution in [0, 0.1) is 0 Å². The molecule has 27 heavy (non-hydrogen) atoms. The minimum atomic E-state index is 0.541. The molecule has 3 aromatic rings. The highest BCUT2D eigenvalue weighted by atomic mass is 15.2. The maximum Gasteiger partial charge on any atom is 0.144 e. The lowest BCUT2D eigenvalue weighted by Crippen LogP contribution is -2.33. The first-order chi connectivity index (χ1) is 13.2. The number of hydrogen-bond donors (Lipinski definition) is 2. The number of likely N-dealkylation sites (tertiary alicyclic amines) is 1. The SMILES string of the molecule is CN(Cc1nccc(N)n1)[C@H]1CCCN(Cc2cccc3cc[nH]c23)CC1. The van der Waals surface area contributed by atoms with Gasteiger partial charge in [-0.25, -0.2) is 9.97 Å². The number of benzene rings is 1. The second kappa shape index (κ2) is 8.06. The second-order valence-corrected chi connectivity index (χ2v) is 7.53. The molecule has 2 aromatic heterocycles. The molecule has 1 aliphatic heterocycles. The third kappa shape index (κ3) is 4.28. The van der Waals surface area contributed by atoms with Crippen molar-refractivity contribution in [2.75, 3.05) is 25.9 Å². The van der Waals surface area contributed by atoms with E-state index in [0.717, 1.165) is 32.0 Å². The molecule has 1 aromatic carbocycles. The lowest BCUT2D eigenvalue weighted by molar-refractivity contribution is 0.202. The van der Waals surface area contributed by atoms with Gasteiger partial charge in [-0.2, -0.15) is 0 Å². The average Bonchev–Trinajstić information content (AvgIpc) is 3.02. The Morgan fingerprint density at radius 2 is 2.15 bits per heavy atom. The number of hydrogen-bond acceptors (Lipinski definition) is 5. The summed E-state index contributed by atoms with van der Waals surface area (Å²) in [6, 6.07) is 11.0. The van der Waals surface area contributed by atoms with Crippen molar-refractivity contribution in [3.05, 3.63) is 54.1 Å². The number of anilines is 1. The highest BCUT2D eigenvalue weighted by Gasteiger charge is 2.21. The van der Waals surface area contributed by atoms with Crippen LogP contribution in [-0.2, 0) is 13.1 Å². The molecule has 0 radical (unpaired) electrons. The lowest BCUT2D eigenvalue weighted by Gasteiger charge is -2.26. The van der Waals surface area contributed by atoms with E-state index < -0.39 is 0 Å². The zero-order valence-corrected chi connectivity index (χ0v) is 15.9. The summed E-state index contributed by atoms with van der Waals surface area (Å²) in [6.45, 7) is 4.02. The normalized spacial score (nSPS) is 18.8. The Balaban J connectivity index is 1.36. The van der Waals surface area contributed by atoms with Crippen LogP contribution in [0.25, 0.3) is 10.9 Å². The zero-order valence-electron chi connectivity index (χ0n) is 15.9. The van der Waals surface area contributed by atoms with Crippen LogP contribution in [0.4, 0.5) is 5.82 Å². The Labute approximate surface area is 160 Å². The van der Waals surface area contributed by atoms with Crippen LogP contribution in [0.2, 0.25) is 0 Å². The summed E-state index contributed by atoms with van der Waals surface area (Å²) < 4.78 is 0. The maximum atomic E-state index is 5.78. The topological polar surface area (TPSA) is 74.1 Å². The molecule has 6 nitrogen and oxygen atoms in total. The molecule has 1 atom stereocenters. The number of aromatic nitrogens is 3. The van der Waals surface area contributed by atoms with E-state index in [-0.39, 0.29) is 0 Å². The van der Waals surface area contributed by atoms with Gasteiger partial charge in [-0.1, -0.05) is 18.2 Å². The molecule has 0 spiro atoms. The number of nitrogens with zero attached hydrogens (tertiary/aromatic N) is 4. The fraction of sp³-hybridized carbons (Fsp3) is 0.429. The number of para-hydroxylation sites is 1. The van der Waals surface area contributed by atoms with Crippen LogP contribution >= 0.6 is 0 Å². The fourth-order valence-electron chi connectivity index (χ4n) is 4.10. The minimum Gasteiger partial charge on any atom is -0.384 e. The van der Waals surface area contributed by atoms with E-state index in [1.807, 2.05) is 6.20 Å². The van der Waals surface area contributed by atoms with E-state index in [0.29, 0.717) is 11.9 Å². The Kier molecular flexibility index (Phi) is 5.36. The van der Waals surface area contributed by atoms with E-state index in [2.05, 4.69) is 56.1 Å². The van der Waals surface area contributed by atoms with Crippen LogP contribution in [0.15, 0.2) is 42.7 Å². The van der Waals surface area contributed by atoms with E-state index in [9.17, 15) is 0 Å². The molecule has 0 saturated carbocycles. The summed E-state index contributed by atoms with van der Waals surface area (Å²) >= 11 is 0. The number of fused-ring (bicyclic) bond motifs is 1. The Morgan fingerprint density at radius 3 is 3.04 bits per heavy atom. The predicted molar refractivity (Wildman–Crippen MR) is 109 cm³/mol. The van der Waals surface area contributed by atoms with Crippen molar-refractivity contribution >= 4 is 16.7 Å². The van der Waals surface area contributed by atoms with Crippen molar-refractivity contribution < 1.29 is 0 Å². The molecule has 1 aliphatic rings. The fourth-order valence-corrected chi connectivity index (χ4v) is 4.10. The van der Waals surface area contributed by atoms with Gasteiger partial charge in [0.05, 0.1) is 6.54 Å². The summed E-state index contributed by atoms with van der Waals surface area (Å²) in [5, 5.41) is 1.29. The highest BCUT2D eigenvalue weighted by molar-refractivity contribution is 5.82. The van der Waals surface area contributed by atoms with E-state index >= 15 is 0 Å². The summed E-state index contributed by atoms with van der Waals surface area (Å²) in [5.74, 6) is 1.34. The van der Waals surface area contributed by atoms with Gasteiger partial charge < -0.3 is 10.7 Å². The molecule has 142 valence electrons. The molecular formula is C21H28N6. The molecule has 0 amide bonds. The van der Waals surface area contributed by atoms with Crippen molar-refractivity contribution in [3.8, 4) is 0 Å². The average molecular weight is 364 g/mol. The van der Waals surface area contributed by atoms with Crippen LogP contribution < -0.4 is 5.73 Å². The third-order valence-corrected chi connectivity index (χ3v) is 5.60. The summed E-state index contributed by atoms with van der Waals surface area (Å²) in [6.07, 6.45) is 7.36. The first-order valence-electron chi connectivity index (χ1n) is 9.74. The van der Waals surface area contributed by atoms with Crippen molar-refractivity contribution in [1.82, 2.24) is 24.8 Å². The minimum absolute atomic E-state index is 0.541. The molecule has 1 saturated heterocycles. The molecular weight excluding hydrogens is 336 g/mol. The van der Waals surface area contributed by atoms with Gasteiger partial charge >= 0.3 is 0 Å². The third-order valence-electron chi connectivity index (χ3n) is 5.60. The number of aromatic amines is 1. The standard InChI is InChI=1S/C21H28N6/c1-26(15-20-23-11-8-19(22)25-20)18-6-3-12-27(13-9-18)14-17-5-2-4-16-7-10-24-21(16)17/h2,4-5,7-8,10-11,18,24H,3,6,9,12-15H2,1H3,(H2,22,23,25)/t18-/m0/s1. The van der Waals surface area contributed by atoms with Gasteiger partial charge in [-0.3, -0.25) is 9.80 Å². The molecule has 0 unspecified atom stereocenters. The van der Waals surface area contributed by atoms with Crippen LogP contribution in [0.3, 0.4) is 0 Å². The van der Waals surface area contributed by atoms with Crippen molar-refractivity contribution in [2.45, 2.75) is 38.4 Å². The number of nitrogen functional groups attached to an aromatic ring is 1. The quantitative estimate of drug-likeness (QED) is 0.728. The van der Waals surface area contributed by atoms with Crippen molar-refractivity contribution in [2.24, 2.45) is 0 Å². The summed E-state index contributed by atoms with van der Waals surface area (Å²) in [4.78, 5) is 17.0. The summed E-state index contributed by atoms with van der Waals surface area (Å²) in [7, 11) is 2.17. The van der Waals surface area contributed by atoms with Gasteiger partial charge in [-0.15, -0.1) is 0 Å². The van der Waals surface area contributed by atoms with E-state index in [4.69, 9.17) is 5.73 Å². The van der Waals surface area contributed by atoms with Crippen molar-refractivity contribution in [3.63, 3.8) is 0 Å². The number of H-pyrrole nitrogens is 1. The van der Waals surface area contributed by atoms with E-state index in [1.54, 1.807) is 12.3 Å². The Morgan fingerprint density at radius 1 is 1.22 bits per heavy atom. The van der Waals surface area contributed by atoms with Crippen LogP contribution in [-0.4, -0.2) is 50.9 Å². The number of rotatable bonds is 5. The molecule has 6 heteroatoms. The molecule has 3 heterocycles. The van der Waals surface area contributed by atoms with Crippen LogP contribution in [0.5, 0.6) is 0 Å². The molecule has 4 rings (SSSR count). The number of nitrogens with two attached hydrogens (primary N) is 1. The molecule has 0 aliphatic carbocycles. The van der Waals surface area contributed by atoms with Gasteiger partial charge in [0, 0.05) is 30.5 Å². The summed E-state index contributed by atoms with van der Waals surface area (Å²) in [5.41, 5.74) is 8.44.